The molecule has 0 fully saturated rings. The molecule has 72 valence electrons. The Bertz CT molecular complexity index is 511. The molecule has 0 aliphatic carbocycles. The summed E-state index contributed by atoms with van der Waals surface area (Å²) in [5.41, 5.74) is 3.10. The van der Waals surface area contributed by atoms with Crippen molar-refractivity contribution >= 4 is 17.2 Å². The number of aromatic amines is 1. The molecule has 14 heavy (non-hydrogen) atoms. The summed E-state index contributed by atoms with van der Waals surface area (Å²) in [6.07, 6.45) is 0.767. The minimum Gasteiger partial charge on any atom is -0.507 e. The van der Waals surface area contributed by atoms with E-state index in [4.69, 9.17) is 0 Å². The molecule has 2 N–H and O–H groups in total. The quantitative estimate of drug-likeness (QED) is 0.676. The molecule has 1 aromatic heterocycles. The maximum absolute atomic E-state index is 10.8. The lowest BCUT2D eigenvalue weighted by molar-refractivity contribution is 0.112. The zero-order valence-corrected chi connectivity index (χ0v) is 8.09. The van der Waals surface area contributed by atoms with E-state index >= 15 is 0 Å². The summed E-state index contributed by atoms with van der Waals surface area (Å²) in [4.78, 5) is 13.9. The van der Waals surface area contributed by atoms with Crippen LogP contribution in [-0.4, -0.2) is 16.4 Å². The number of hydrogen-bond donors (Lipinski definition) is 2. The summed E-state index contributed by atoms with van der Waals surface area (Å²) in [5.74, 6) is 0.159. The van der Waals surface area contributed by atoms with Gasteiger partial charge in [-0.25, -0.2) is 0 Å². The fourth-order valence-electron chi connectivity index (χ4n) is 1.75. The van der Waals surface area contributed by atoms with E-state index in [-0.39, 0.29) is 5.75 Å². The van der Waals surface area contributed by atoms with E-state index < -0.39 is 0 Å². The van der Waals surface area contributed by atoms with Crippen molar-refractivity contribution < 1.29 is 9.90 Å². The van der Waals surface area contributed by atoms with Gasteiger partial charge in [0.1, 0.15) is 5.75 Å². The van der Waals surface area contributed by atoms with Gasteiger partial charge in [0, 0.05) is 11.3 Å². The third-order valence-corrected chi connectivity index (χ3v) is 2.38. The molecule has 3 nitrogen and oxygen atoms in total. The van der Waals surface area contributed by atoms with Crippen LogP contribution in [0.3, 0.4) is 0 Å². The van der Waals surface area contributed by atoms with Crippen molar-refractivity contribution in [3.63, 3.8) is 0 Å². The van der Waals surface area contributed by atoms with Gasteiger partial charge in [-0.2, -0.15) is 0 Å². The smallest absolute Gasteiger partial charge is 0.152 e. The van der Waals surface area contributed by atoms with Gasteiger partial charge in [0.2, 0.25) is 0 Å². The first kappa shape index (κ1) is 8.81. The predicted octanol–water partition coefficient (Wildman–Crippen LogP) is 2.30. The summed E-state index contributed by atoms with van der Waals surface area (Å²) in [7, 11) is 0. The SMILES string of the molecule is Cc1cc(O)c2c(C=O)c(C)[nH]c2c1. The number of carbonyl (C=O) groups excluding carboxylic acids is 1. The van der Waals surface area contributed by atoms with Crippen molar-refractivity contribution in [1.29, 1.82) is 0 Å². The third-order valence-electron chi connectivity index (χ3n) is 2.38. The van der Waals surface area contributed by atoms with Gasteiger partial charge in [-0.3, -0.25) is 4.79 Å². The second-order valence-electron chi connectivity index (χ2n) is 3.49. The number of phenols is 1. The highest BCUT2D eigenvalue weighted by atomic mass is 16.3. The minimum absolute atomic E-state index is 0.159. The average molecular weight is 189 g/mol. The normalized spacial score (nSPS) is 10.7. The number of carbonyl (C=O) groups is 1. The molecule has 3 heteroatoms. The van der Waals surface area contributed by atoms with Crippen molar-refractivity contribution in [2.75, 3.05) is 0 Å². The van der Waals surface area contributed by atoms with Gasteiger partial charge in [0.25, 0.3) is 0 Å². The van der Waals surface area contributed by atoms with Gasteiger partial charge >= 0.3 is 0 Å². The molecule has 0 saturated carbocycles. The highest BCUT2D eigenvalue weighted by Crippen LogP contribution is 2.30. The van der Waals surface area contributed by atoms with Gasteiger partial charge < -0.3 is 10.1 Å². The molecular formula is C11H11NO2. The van der Waals surface area contributed by atoms with Crippen LogP contribution in [0.1, 0.15) is 21.6 Å². The standard InChI is InChI=1S/C11H11NO2/c1-6-3-9-11(10(14)4-6)8(5-13)7(2)12-9/h3-5,12,14H,1-2H3. The Kier molecular flexibility index (Phi) is 1.81. The molecule has 0 atom stereocenters. The Morgan fingerprint density at radius 2 is 2.07 bits per heavy atom. The second kappa shape index (κ2) is 2.87. The number of fused-ring (bicyclic) bond motifs is 1. The Morgan fingerprint density at radius 3 is 2.71 bits per heavy atom. The average Bonchev–Trinajstić information content (AvgIpc) is 2.40. The van der Waals surface area contributed by atoms with Gasteiger partial charge in [-0.15, -0.1) is 0 Å². The number of hydrogen-bond acceptors (Lipinski definition) is 2. The minimum atomic E-state index is 0.159. The fourth-order valence-corrected chi connectivity index (χ4v) is 1.75. The Hall–Kier alpha value is -1.77. The number of H-pyrrole nitrogens is 1. The van der Waals surface area contributed by atoms with Gasteiger partial charge in [-0.05, 0) is 31.5 Å². The Balaban J connectivity index is 2.95. The maximum Gasteiger partial charge on any atom is 0.152 e. The molecule has 0 saturated heterocycles. The van der Waals surface area contributed by atoms with Gasteiger partial charge in [0.15, 0.2) is 6.29 Å². The third kappa shape index (κ3) is 1.09. The number of aryl methyl sites for hydroxylation is 2. The number of rotatable bonds is 1. The predicted molar refractivity (Wildman–Crippen MR) is 54.8 cm³/mol. The fraction of sp³-hybridized carbons (Fsp3) is 0.182. The van der Waals surface area contributed by atoms with E-state index in [0.29, 0.717) is 10.9 Å². The molecule has 2 rings (SSSR count). The van der Waals surface area contributed by atoms with E-state index in [1.54, 1.807) is 6.07 Å². The summed E-state index contributed by atoms with van der Waals surface area (Å²) in [5, 5.41) is 10.3. The molecule has 0 aliphatic heterocycles. The van der Waals surface area contributed by atoms with Crippen LogP contribution in [0, 0.1) is 13.8 Å². The van der Waals surface area contributed by atoms with Crippen LogP contribution in [0.4, 0.5) is 0 Å². The number of aldehydes is 1. The van der Waals surface area contributed by atoms with Crippen molar-refractivity contribution in [2.24, 2.45) is 0 Å². The molecule has 0 bridgehead atoms. The van der Waals surface area contributed by atoms with Crippen LogP contribution in [0.5, 0.6) is 5.75 Å². The first-order valence-corrected chi connectivity index (χ1v) is 4.40. The summed E-state index contributed by atoms with van der Waals surface area (Å²) < 4.78 is 0. The van der Waals surface area contributed by atoms with Crippen LogP contribution in [0.25, 0.3) is 10.9 Å². The largest absolute Gasteiger partial charge is 0.507 e. The van der Waals surface area contributed by atoms with Crippen molar-refractivity contribution in [3.05, 3.63) is 29.0 Å². The number of aromatic hydroxyl groups is 1. The van der Waals surface area contributed by atoms with Crippen LogP contribution in [-0.2, 0) is 0 Å². The molecular weight excluding hydrogens is 178 g/mol. The molecule has 0 spiro atoms. The van der Waals surface area contributed by atoms with Crippen LogP contribution < -0.4 is 0 Å². The number of aromatic nitrogens is 1. The summed E-state index contributed by atoms with van der Waals surface area (Å²) >= 11 is 0. The summed E-state index contributed by atoms with van der Waals surface area (Å²) in [6.45, 7) is 3.72. The lowest BCUT2D eigenvalue weighted by Crippen LogP contribution is -1.81. The molecule has 1 heterocycles. The first-order chi connectivity index (χ1) is 6.63. The highest BCUT2D eigenvalue weighted by Gasteiger charge is 2.11. The van der Waals surface area contributed by atoms with Crippen molar-refractivity contribution in [3.8, 4) is 5.75 Å². The van der Waals surface area contributed by atoms with Gasteiger partial charge in [-0.1, -0.05) is 0 Å². The van der Waals surface area contributed by atoms with E-state index in [2.05, 4.69) is 4.98 Å². The van der Waals surface area contributed by atoms with E-state index in [1.807, 2.05) is 19.9 Å². The highest BCUT2D eigenvalue weighted by molar-refractivity contribution is 6.02. The van der Waals surface area contributed by atoms with E-state index in [9.17, 15) is 9.90 Å². The molecule has 0 radical (unpaired) electrons. The first-order valence-electron chi connectivity index (χ1n) is 4.40. The van der Waals surface area contributed by atoms with Gasteiger partial charge in [0.05, 0.1) is 10.9 Å². The summed E-state index contributed by atoms with van der Waals surface area (Å²) in [6, 6.07) is 3.57. The molecule has 0 amide bonds. The number of benzene rings is 1. The van der Waals surface area contributed by atoms with Crippen LogP contribution in [0.2, 0.25) is 0 Å². The Morgan fingerprint density at radius 1 is 1.36 bits per heavy atom. The lowest BCUT2D eigenvalue weighted by Gasteiger charge is -1.98. The zero-order valence-electron chi connectivity index (χ0n) is 8.09. The maximum atomic E-state index is 10.8. The Labute approximate surface area is 81.4 Å². The molecule has 0 aliphatic rings. The number of nitrogens with one attached hydrogen (secondary N) is 1. The molecule has 2 aromatic rings. The van der Waals surface area contributed by atoms with E-state index in [0.717, 1.165) is 23.1 Å². The molecule has 0 unspecified atom stereocenters. The zero-order chi connectivity index (χ0) is 10.3. The lowest BCUT2D eigenvalue weighted by atomic mass is 10.1. The number of phenolic OH excluding ortho intramolecular Hbond substituents is 1. The molecule has 1 aromatic carbocycles. The van der Waals surface area contributed by atoms with Crippen LogP contribution >= 0.6 is 0 Å². The van der Waals surface area contributed by atoms with Crippen molar-refractivity contribution in [2.45, 2.75) is 13.8 Å². The van der Waals surface area contributed by atoms with Crippen LogP contribution in [0.15, 0.2) is 12.1 Å². The second-order valence-corrected chi connectivity index (χ2v) is 3.49. The monoisotopic (exact) mass is 189 g/mol. The van der Waals surface area contributed by atoms with E-state index in [1.165, 1.54) is 0 Å². The topological polar surface area (TPSA) is 53.1 Å². The van der Waals surface area contributed by atoms with Crippen molar-refractivity contribution in [1.82, 2.24) is 4.98 Å².